The highest BCUT2D eigenvalue weighted by atomic mass is 19.1. The number of urea groups is 1. The number of hydroxylamine groups is 1. The van der Waals surface area contributed by atoms with Crippen molar-refractivity contribution < 1.29 is 23.9 Å². The lowest BCUT2D eigenvalue weighted by atomic mass is 10.2. The Morgan fingerprint density at radius 1 is 1.50 bits per heavy atom. The minimum atomic E-state index is -1.19. The van der Waals surface area contributed by atoms with E-state index < -0.39 is 24.4 Å². The van der Waals surface area contributed by atoms with E-state index in [2.05, 4.69) is 4.84 Å². The van der Waals surface area contributed by atoms with E-state index in [-0.39, 0.29) is 0 Å². The average Bonchev–Trinajstić information content (AvgIpc) is 2.71. The minimum Gasteiger partial charge on any atom is -0.479 e. The van der Waals surface area contributed by atoms with Gasteiger partial charge in [-0.2, -0.15) is 0 Å². The third kappa shape index (κ3) is 2.57. The number of hydrogen-bond acceptors (Lipinski definition) is 3. The number of carbonyl (C=O) groups excluding carboxylic acids is 1. The fourth-order valence-corrected chi connectivity index (χ4v) is 1.78. The zero-order valence-corrected chi connectivity index (χ0v) is 9.35. The predicted octanol–water partition coefficient (Wildman–Crippen LogP) is 0.914. The van der Waals surface area contributed by atoms with Gasteiger partial charge in [0.1, 0.15) is 5.82 Å². The van der Waals surface area contributed by atoms with E-state index in [1.54, 1.807) is 6.07 Å². The number of fused-ring (bicyclic) bond motifs is 1. The van der Waals surface area contributed by atoms with Gasteiger partial charge in [0.15, 0.2) is 6.61 Å². The zero-order chi connectivity index (χ0) is 13.1. The highest BCUT2D eigenvalue weighted by Crippen LogP contribution is 2.28. The first kappa shape index (κ1) is 12.3. The van der Waals surface area contributed by atoms with Gasteiger partial charge in [0, 0.05) is 6.54 Å². The predicted molar refractivity (Wildman–Crippen MR) is 59.6 cm³/mol. The standard InChI is InChI=1S/C11H11FN2O4/c12-8-2-1-7-3-4-14(9(7)5-8)11(17)13-18-6-10(15)16/h1-2,5H,3-4,6H2,(H,13,17)(H,15,16). The van der Waals surface area contributed by atoms with Gasteiger partial charge in [-0.15, -0.1) is 0 Å². The van der Waals surface area contributed by atoms with E-state index in [1.807, 2.05) is 5.48 Å². The second-order valence-electron chi connectivity index (χ2n) is 3.76. The topological polar surface area (TPSA) is 78.9 Å². The molecule has 0 spiro atoms. The summed E-state index contributed by atoms with van der Waals surface area (Å²) in [4.78, 5) is 27.7. The second-order valence-corrected chi connectivity index (χ2v) is 3.76. The van der Waals surface area contributed by atoms with Crippen LogP contribution in [0.5, 0.6) is 0 Å². The van der Waals surface area contributed by atoms with Crippen molar-refractivity contribution in [2.24, 2.45) is 0 Å². The molecule has 7 heteroatoms. The lowest BCUT2D eigenvalue weighted by molar-refractivity contribution is -0.143. The molecule has 2 N–H and O–H groups in total. The molecule has 2 rings (SSSR count). The number of benzene rings is 1. The van der Waals surface area contributed by atoms with E-state index in [4.69, 9.17) is 5.11 Å². The van der Waals surface area contributed by atoms with Crippen LogP contribution in [-0.2, 0) is 16.1 Å². The molecular formula is C11H11FN2O4. The summed E-state index contributed by atoms with van der Waals surface area (Å²) in [5.74, 6) is -1.62. The lowest BCUT2D eigenvalue weighted by Crippen LogP contribution is -2.39. The molecule has 1 aromatic carbocycles. The Morgan fingerprint density at radius 3 is 3.00 bits per heavy atom. The first-order chi connectivity index (χ1) is 8.58. The molecule has 0 saturated carbocycles. The number of aliphatic carboxylic acids is 1. The maximum Gasteiger partial charge on any atom is 0.345 e. The highest BCUT2D eigenvalue weighted by molar-refractivity contribution is 5.93. The van der Waals surface area contributed by atoms with Crippen molar-refractivity contribution in [3.05, 3.63) is 29.6 Å². The van der Waals surface area contributed by atoms with Gasteiger partial charge in [-0.25, -0.2) is 19.5 Å². The monoisotopic (exact) mass is 254 g/mol. The molecule has 18 heavy (non-hydrogen) atoms. The maximum absolute atomic E-state index is 13.1. The van der Waals surface area contributed by atoms with Crippen LogP contribution < -0.4 is 10.4 Å². The van der Waals surface area contributed by atoms with Gasteiger partial charge in [-0.05, 0) is 24.1 Å². The highest BCUT2D eigenvalue weighted by Gasteiger charge is 2.25. The fourth-order valence-electron chi connectivity index (χ4n) is 1.78. The molecule has 2 amide bonds. The summed E-state index contributed by atoms with van der Waals surface area (Å²) in [6, 6.07) is 3.61. The van der Waals surface area contributed by atoms with Crippen LogP contribution in [0, 0.1) is 5.82 Å². The van der Waals surface area contributed by atoms with Crippen molar-refractivity contribution in [1.82, 2.24) is 5.48 Å². The molecule has 6 nitrogen and oxygen atoms in total. The van der Waals surface area contributed by atoms with E-state index in [0.29, 0.717) is 18.7 Å². The normalized spacial score (nSPS) is 13.3. The van der Waals surface area contributed by atoms with E-state index >= 15 is 0 Å². The number of nitrogens with one attached hydrogen (secondary N) is 1. The Morgan fingerprint density at radius 2 is 2.28 bits per heavy atom. The number of amides is 2. The number of rotatable bonds is 3. The molecule has 0 atom stereocenters. The van der Waals surface area contributed by atoms with Crippen molar-refractivity contribution in [3.8, 4) is 0 Å². The molecular weight excluding hydrogens is 243 g/mol. The van der Waals surface area contributed by atoms with Crippen LogP contribution in [0.3, 0.4) is 0 Å². The van der Waals surface area contributed by atoms with Crippen LogP contribution in [0.25, 0.3) is 0 Å². The van der Waals surface area contributed by atoms with Crippen molar-refractivity contribution >= 4 is 17.7 Å². The smallest absolute Gasteiger partial charge is 0.345 e. The Bertz CT molecular complexity index is 492. The molecule has 0 aromatic heterocycles. The fraction of sp³-hybridized carbons (Fsp3) is 0.273. The summed E-state index contributed by atoms with van der Waals surface area (Å²) in [5.41, 5.74) is 3.34. The second kappa shape index (κ2) is 5.01. The van der Waals surface area contributed by atoms with Crippen LogP contribution in [0.2, 0.25) is 0 Å². The van der Waals surface area contributed by atoms with Gasteiger partial charge in [-0.3, -0.25) is 9.74 Å². The van der Waals surface area contributed by atoms with E-state index in [9.17, 15) is 14.0 Å². The quantitative estimate of drug-likeness (QED) is 0.786. The van der Waals surface area contributed by atoms with Gasteiger partial charge in [0.2, 0.25) is 0 Å². The Balaban J connectivity index is 2.02. The summed E-state index contributed by atoms with van der Waals surface area (Å²) in [7, 11) is 0. The molecule has 1 aliphatic rings. The van der Waals surface area contributed by atoms with Crippen molar-refractivity contribution in [1.29, 1.82) is 0 Å². The van der Waals surface area contributed by atoms with Gasteiger partial charge in [0.25, 0.3) is 0 Å². The van der Waals surface area contributed by atoms with Gasteiger partial charge in [-0.1, -0.05) is 6.07 Å². The molecule has 0 bridgehead atoms. The van der Waals surface area contributed by atoms with Crippen molar-refractivity contribution in [2.45, 2.75) is 6.42 Å². The SMILES string of the molecule is O=C(O)CONC(=O)N1CCc2ccc(F)cc21. The molecule has 1 aliphatic heterocycles. The van der Waals surface area contributed by atoms with Crippen LogP contribution in [0.15, 0.2) is 18.2 Å². The average molecular weight is 254 g/mol. The molecule has 0 saturated heterocycles. The maximum atomic E-state index is 13.1. The molecule has 0 fully saturated rings. The summed E-state index contributed by atoms with van der Waals surface area (Å²) in [6.45, 7) is -0.226. The molecule has 1 heterocycles. The van der Waals surface area contributed by atoms with Crippen LogP contribution in [-0.4, -0.2) is 30.3 Å². The van der Waals surface area contributed by atoms with Gasteiger partial charge < -0.3 is 5.11 Å². The largest absolute Gasteiger partial charge is 0.479 e. The molecule has 0 aliphatic carbocycles. The van der Waals surface area contributed by atoms with Crippen molar-refractivity contribution in [3.63, 3.8) is 0 Å². The molecule has 0 unspecified atom stereocenters. The lowest BCUT2D eigenvalue weighted by Gasteiger charge is -2.17. The Labute approximate surface area is 102 Å². The van der Waals surface area contributed by atoms with Gasteiger partial charge in [0.05, 0.1) is 5.69 Å². The number of hydrogen-bond donors (Lipinski definition) is 2. The number of carbonyl (C=O) groups is 2. The summed E-state index contributed by atoms with van der Waals surface area (Å²) in [5, 5.41) is 8.35. The number of nitrogens with zero attached hydrogens (tertiary/aromatic N) is 1. The van der Waals surface area contributed by atoms with E-state index in [1.165, 1.54) is 17.0 Å². The summed E-state index contributed by atoms with van der Waals surface area (Å²) in [6.07, 6.45) is 0.627. The summed E-state index contributed by atoms with van der Waals surface area (Å²) < 4.78 is 13.1. The third-order valence-corrected chi connectivity index (χ3v) is 2.54. The minimum absolute atomic E-state index is 0.404. The number of carboxylic acids is 1. The first-order valence-electron chi connectivity index (χ1n) is 5.27. The zero-order valence-electron chi connectivity index (χ0n) is 9.35. The van der Waals surface area contributed by atoms with E-state index in [0.717, 1.165) is 5.56 Å². The Kier molecular flexibility index (Phi) is 3.42. The third-order valence-electron chi connectivity index (χ3n) is 2.54. The number of anilines is 1. The molecule has 0 radical (unpaired) electrons. The van der Waals surface area contributed by atoms with Crippen molar-refractivity contribution in [2.75, 3.05) is 18.1 Å². The summed E-state index contributed by atoms with van der Waals surface area (Å²) >= 11 is 0. The van der Waals surface area contributed by atoms with Gasteiger partial charge >= 0.3 is 12.0 Å². The van der Waals surface area contributed by atoms with Crippen LogP contribution >= 0.6 is 0 Å². The number of carboxylic acid groups (broad SMARTS) is 1. The van der Waals surface area contributed by atoms with Crippen LogP contribution in [0.4, 0.5) is 14.9 Å². The Hall–Kier alpha value is -2.15. The molecule has 96 valence electrons. The first-order valence-corrected chi connectivity index (χ1v) is 5.27. The van der Waals surface area contributed by atoms with Crippen LogP contribution in [0.1, 0.15) is 5.56 Å². The number of halogens is 1. The molecule has 1 aromatic rings.